The van der Waals surface area contributed by atoms with E-state index >= 15 is 0 Å². The molecule has 0 spiro atoms. The van der Waals surface area contributed by atoms with E-state index in [0.29, 0.717) is 35.5 Å². The molecule has 4 rings (SSSR count). The highest BCUT2D eigenvalue weighted by Crippen LogP contribution is 2.40. The second-order valence-corrected chi connectivity index (χ2v) is 10.1. The summed E-state index contributed by atoms with van der Waals surface area (Å²) in [7, 11) is 8.23. The summed E-state index contributed by atoms with van der Waals surface area (Å²) in [4.78, 5) is 5.04. The number of rotatable bonds is 15. The van der Waals surface area contributed by atoms with Gasteiger partial charge in [-0.3, -0.25) is 4.90 Å². The molecule has 222 valence electrons. The van der Waals surface area contributed by atoms with Crippen LogP contribution >= 0.6 is 0 Å². The van der Waals surface area contributed by atoms with E-state index in [1.165, 1.54) is 11.1 Å². The van der Waals surface area contributed by atoms with Crippen LogP contribution in [0.2, 0.25) is 0 Å². The van der Waals surface area contributed by atoms with E-state index in [1.807, 2.05) is 12.1 Å². The van der Waals surface area contributed by atoms with Gasteiger partial charge in [0.15, 0.2) is 11.5 Å². The number of benzene rings is 3. The molecular weight excluding hydrogens is 520 g/mol. The Hall–Kier alpha value is -3.62. The van der Waals surface area contributed by atoms with Crippen molar-refractivity contribution in [1.82, 2.24) is 9.80 Å². The molecule has 0 unspecified atom stereocenters. The first-order valence-electron chi connectivity index (χ1n) is 14.2. The third kappa shape index (κ3) is 8.21. The van der Waals surface area contributed by atoms with Gasteiger partial charge in [-0.05, 0) is 54.8 Å². The van der Waals surface area contributed by atoms with Gasteiger partial charge in [0.05, 0.1) is 35.5 Å². The lowest BCUT2D eigenvalue weighted by molar-refractivity contribution is 0.115. The molecule has 0 bridgehead atoms. The van der Waals surface area contributed by atoms with Gasteiger partial charge in [-0.15, -0.1) is 0 Å². The molecule has 0 amide bonds. The van der Waals surface area contributed by atoms with Crippen molar-refractivity contribution in [3.63, 3.8) is 0 Å². The van der Waals surface area contributed by atoms with Crippen molar-refractivity contribution in [3.8, 4) is 34.5 Å². The maximum atomic E-state index is 6.04. The number of hydrogen-bond acceptors (Lipinski definition) is 8. The van der Waals surface area contributed by atoms with Gasteiger partial charge < -0.3 is 33.3 Å². The predicted octanol–water partition coefficient (Wildman–Crippen LogP) is 5.34. The van der Waals surface area contributed by atoms with Crippen molar-refractivity contribution in [2.24, 2.45) is 0 Å². The molecule has 1 saturated heterocycles. The Bertz CT molecular complexity index is 1120. The molecule has 1 aliphatic heterocycles. The fourth-order valence-corrected chi connectivity index (χ4v) is 5.39. The molecule has 3 aromatic rings. The van der Waals surface area contributed by atoms with Gasteiger partial charge >= 0.3 is 0 Å². The molecule has 0 aliphatic carbocycles. The summed E-state index contributed by atoms with van der Waals surface area (Å²) in [5.41, 5.74) is 2.63. The van der Waals surface area contributed by atoms with Crippen molar-refractivity contribution >= 4 is 0 Å². The van der Waals surface area contributed by atoms with E-state index in [2.05, 4.69) is 58.3 Å². The molecule has 0 atom stereocenters. The van der Waals surface area contributed by atoms with Crippen molar-refractivity contribution in [2.45, 2.75) is 18.8 Å². The topological polar surface area (TPSA) is 61.9 Å². The minimum absolute atomic E-state index is 0.334. The number of hydrogen-bond donors (Lipinski definition) is 0. The molecule has 3 aromatic carbocycles. The maximum absolute atomic E-state index is 6.04. The number of ether oxygens (including phenoxy) is 6. The Labute approximate surface area is 244 Å². The number of methoxy groups -OCH3 is 5. The summed E-state index contributed by atoms with van der Waals surface area (Å²) in [5, 5.41) is 0. The van der Waals surface area contributed by atoms with Gasteiger partial charge in [-0.25, -0.2) is 0 Å². The van der Waals surface area contributed by atoms with Crippen molar-refractivity contribution in [2.75, 3.05) is 81.4 Å². The SMILES string of the molecule is COc1ccc(C(CCCN2CCN(CCOc3cc(OC)c(OC)c(OC)c3)CC2)c2ccc(OC)cc2)cc1. The Morgan fingerprint density at radius 3 is 1.51 bits per heavy atom. The Kier molecular flexibility index (Phi) is 11.4. The molecule has 1 fully saturated rings. The van der Waals surface area contributed by atoms with E-state index in [1.54, 1.807) is 35.5 Å². The van der Waals surface area contributed by atoms with Gasteiger partial charge in [0.2, 0.25) is 5.75 Å². The van der Waals surface area contributed by atoms with Crippen molar-refractivity contribution in [3.05, 3.63) is 71.8 Å². The van der Waals surface area contributed by atoms with Crippen LogP contribution in [0.3, 0.4) is 0 Å². The summed E-state index contributed by atoms with van der Waals surface area (Å²) < 4.78 is 33.1. The van der Waals surface area contributed by atoms with Gasteiger partial charge in [0.25, 0.3) is 0 Å². The number of piperazine rings is 1. The van der Waals surface area contributed by atoms with Crippen LogP contribution in [0.5, 0.6) is 34.5 Å². The highest BCUT2D eigenvalue weighted by Gasteiger charge is 2.20. The smallest absolute Gasteiger partial charge is 0.203 e. The van der Waals surface area contributed by atoms with Crippen LogP contribution in [0.4, 0.5) is 0 Å². The first-order chi connectivity index (χ1) is 20.1. The fourth-order valence-electron chi connectivity index (χ4n) is 5.39. The second-order valence-electron chi connectivity index (χ2n) is 10.1. The lowest BCUT2D eigenvalue weighted by Crippen LogP contribution is -2.47. The summed E-state index contributed by atoms with van der Waals surface area (Å²) in [5.74, 6) is 4.57. The van der Waals surface area contributed by atoms with E-state index in [0.717, 1.165) is 63.6 Å². The maximum Gasteiger partial charge on any atom is 0.203 e. The molecule has 1 aliphatic rings. The molecule has 1 heterocycles. The van der Waals surface area contributed by atoms with Crippen LogP contribution in [0, 0.1) is 0 Å². The summed E-state index contributed by atoms with van der Waals surface area (Å²) >= 11 is 0. The molecule has 8 heteroatoms. The summed E-state index contributed by atoms with van der Waals surface area (Å²) in [6.07, 6.45) is 2.22. The average molecular weight is 565 g/mol. The van der Waals surface area contributed by atoms with Crippen LogP contribution in [-0.2, 0) is 0 Å². The van der Waals surface area contributed by atoms with E-state index in [4.69, 9.17) is 28.4 Å². The monoisotopic (exact) mass is 564 g/mol. The second kappa shape index (κ2) is 15.4. The molecule has 0 N–H and O–H groups in total. The zero-order chi connectivity index (χ0) is 29.0. The van der Waals surface area contributed by atoms with Crippen LogP contribution in [0.1, 0.15) is 29.9 Å². The van der Waals surface area contributed by atoms with E-state index in [9.17, 15) is 0 Å². The van der Waals surface area contributed by atoms with Crippen LogP contribution in [-0.4, -0.2) is 91.2 Å². The Balaban J connectivity index is 1.24. The number of nitrogens with zero attached hydrogens (tertiary/aromatic N) is 2. The molecular formula is C33H44N2O6. The highest BCUT2D eigenvalue weighted by atomic mass is 16.5. The molecule has 0 aromatic heterocycles. The minimum atomic E-state index is 0.334. The zero-order valence-electron chi connectivity index (χ0n) is 25.1. The minimum Gasteiger partial charge on any atom is -0.497 e. The van der Waals surface area contributed by atoms with Crippen LogP contribution in [0.25, 0.3) is 0 Å². The standard InChI is InChI=1S/C33H44N2O6/c1-36-27-12-8-25(9-13-27)30(26-10-14-28(37-2)15-11-26)7-6-16-34-17-19-35(20-18-34)21-22-41-29-23-31(38-3)33(40-5)32(24-29)39-4/h8-15,23-24,30H,6-7,16-22H2,1-5H3. The van der Waals surface area contributed by atoms with Crippen molar-refractivity contribution in [1.29, 1.82) is 0 Å². The Morgan fingerprint density at radius 1 is 0.585 bits per heavy atom. The first-order valence-corrected chi connectivity index (χ1v) is 14.2. The molecule has 0 saturated carbocycles. The summed E-state index contributed by atoms with van der Waals surface area (Å²) in [6.45, 7) is 6.79. The van der Waals surface area contributed by atoms with Crippen LogP contribution < -0.4 is 28.4 Å². The van der Waals surface area contributed by atoms with E-state index < -0.39 is 0 Å². The zero-order valence-corrected chi connectivity index (χ0v) is 25.1. The largest absolute Gasteiger partial charge is 0.497 e. The van der Waals surface area contributed by atoms with Gasteiger partial charge in [0, 0.05) is 50.8 Å². The summed E-state index contributed by atoms with van der Waals surface area (Å²) in [6, 6.07) is 20.6. The normalized spacial score (nSPS) is 14.1. The predicted molar refractivity (Wildman–Crippen MR) is 162 cm³/mol. The lowest BCUT2D eigenvalue weighted by Gasteiger charge is -2.34. The molecule has 8 nitrogen and oxygen atoms in total. The van der Waals surface area contributed by atoms with Gasteiger partial charge in [-0.2, -0.15) is 0 Å². The van der Waals surface area contributed by atoms with Gasteiger partial charge in [0.1, 0.15) is 23.9 Å². The molecule has 41 heavy (non-hydrogen) atoms. The fraction of sp³-hybridized carbons (Fsp3) is 0.455. The lowest BCUT2D eigenvalue weighted by atomic mass is 9.87. The van der Waals surface area contributed by atoms with Gasteiger partial charge in [-0.1, -0.05) is 24.3 Å². The quantitative estimate of drug-likeness (QED) is 0.245. The third-order valence-electron chi connectivity index (χ3n) is 7.78. The van der Waals surface area contributed by atoms with Crippen LogP contribution in [0.15, 0.2) is 60.7 Å². The third-order valence-corrected chi connectivity index (χ3v) is 7.78. The van der Waals surface area contributed by atoms with Crippen molar-refractivity contribution < 1.29 is 28.4 Å². The Morgan fingerprint density at radius 2 is 1.07 bits per heavy atom. The first kappa shape index (κ1) is 30.3. The van der Waals surface area contributed by atoms with E-state index in [-0.39, 0.29) is 0 Å². The highest BCUT2D eigenvalue weighted by molar-refractivity contribution is 5.55. The average Bonchev–Trinajstić information content (AvgIpc) is 3.03. The molecule has 0 radical (unpaired) electrons.